The fourth-order valence-electron chi connectivity index (χ4n) is 2.09. The Kier molecular flexibility index (Phi) is 3.54. The van der Waals surface area contributed by atoms with Gasteiger partial charge in [-0.1, -0.05) is 23.2 Å². The molecule has 8 heteroatoms. The van der Waals surface area contributed by atoms with Crippen molar-refractivity contribution >= 4 is 51.7 Å². The number of nitrogens with one attached hydrogen (secondary N) is 1. The maximum atomic E-state index is 6.27. The van der Waals surface area contributed by atoms with Gasteiger partial charge >= 0.3 is 0 Å². The number of hydrogen-bond acceptors (Lipinski definition) is 5. The number of halogens is 2. The van der Waals surface area contributed by atoms with E-state index in [1.165, 1.54) is 0 Å². The molecule has 0 saturated heterocycles. The third-order valence-corrected chi connectivity index (χ3v) is 4.17. The number of rotatable bonds is 3. The number of benzene rings is 1. The van der Waals surface area contributed by atoms with Crippen LogP contribution < -0.4 is 5.32 Å². The van der Waals surface area contributed by atoms with Crippen molar-refractivity contribution in [3.05, 3.63) is 34.3 Å². The van der Waals surface area contributed by atoms with Crippen molar-refractivity contribution in [2.45, 2.75) is 13.0 Å². The van der Waals surface area contributed by atoms with Crippen molar-refractivity contribution in [2.24, 2.45) is 7.05 Å². The van der Waals surface area contributed by atoms with E-state index in [0.717, 1.165) is 23.2 Å². The summed E-state index contributed by atoms with van der Waals surface area (Å²) in [6.45, 7) is 2.01. The number of hydrogen-bond donors (Lipinski definition) is 1. The molecule has 1 unspecified atom stereocenters. The normalized spacial score (nSPS) is 12.8. The Morgan fingerprint density at radius 3 is 2.70 bits per heavy atom. The standard InChI is InChI=1S/C12H11Cl2N5S/c1-6(12-15-3-4-19(12)2)16-9-7(13)5-8(14)10-11(9)18-20-17-10/h3-6,16H,1-2H3. The summed E-state index contributed by atoms with van der Waals surface area (Å²) in [5, 5.41) is 4.37. The van der Waals surface area contributed by atoms with E-state index in [-0.39, 0.29) is 6.04 Å². The van der Waals surface area contributed by atoms with Gasteiger partial charge in [0, 0.05) is 19.4 Å². The van der Waals surface area contributed by atoms with Crippen molar-refractivity contribution in [3.63, 3.8) is 0 Å². The summed E-state index contributed by atoms with van der Waals surface area (Å²) in [4.78, 5) is 4.32. The number of fused-ring (bicyclic) bond motifs is 1. The number of nitrogens with zero attached hydrogens (tertiary/aromatic N) is 4. The number of anilines is 1. The molecule has 0 saturated carbocycles. The van der Waals surface area contributed by atoms with Crippen molar-refractivity contribution in [1.82, 2.24) is 18.3 Å². The average molecular weight is 328 g/mol. The van der Waals surface area contributed by atoms with Gasteiger partial charge in [0.15, 0.2) is 0 Å². The third kappa shape index (κ3) is 2.24. The third-order valence-electron chi connectivity index (χ3n) is 3.05. The second-order valence-corrected chi connectivity index (χ2v) is 5.78. The van der Waals surface area contributed by atoms with Gasteiger partial charge in [0.25, 0.3) is 0 Å². The first-order chi connectivity index (χ1) is 9.58. The molecule has 3 aromatic rings. The largest absolute Gasteiger partial charge is 0.372 e. The van der Waals surface area contributed by atoms with E-state index in [0.29, 0.717) is 21.1 Å². The molecule has 1 N–H and O–H groups in total. The second kappa shape index (κ2) is 5.20. The summed E-state index contributed by atoms with van der Waals surface area (Å²) >= 11 is 13.5. The summed E-state index contributed by atoms with van der Waals surface area (Å²) in [5.41, 5.74) is 2.08. The first kappa shape index (κ1) is 13.6. The van der Waals surface area contributed by atoms with Crippen molar-refractivity contribution in [2.75, 3.05) is 5.32 Å². The highest BCUT2D eigenvalue weighted by molar-refractivity contribution is 7.00. The molecule has 0 radical (unpaired) electrons. The highest BCUT2D eigenvalue weighted by Crippen LogP contribution is 2.36. The lowest BCUT2D eigenvalue weighted by Gasteiger charge is -2.16. The van der Waals surface area contributed by atoms with Crippen LogP contribution in [0.25, 0.3) is 11.0 Å². The summed E-state index contributed by atoms with van der Waals surface area (Å²) in [7, 11) is 1.95. The molecule has 104 valence electrons. The lowest BCUT2D eigenvalue weighted by molar-refractivity contribution is 0.722. The van der Waals surface area contributed by atoms with Crippen LogP contribution >= 0.6 is 34.9 Å². The fraction of sp³-hybridized carbons (Fsp3) is 0.250. The van der Waals surface area contributed by atoms with Gasteiger partial charge in [-0.05, 0) is 13.0 Å². The van der Waals surface area contributed by atoms with E-state index in [9.17, 15) is 0 Å². The van der Waals surface area contributed by atoms with E-state index >= 15 is 0 Å². The van der Waals surface area contributed by atoms with Crippen LogP contribution in [0, 0.1) is 0 Å². The Morgan fingerprint density at radius 2 is 2.00 bits per heavy atom. The molecule has 20 heavy (non-hydrogen) atoms. The van der Waals surface area contributed by atoms with Gasteiger partial charge in [-0.3, -0.25) is 0 Å². The monoisotopic (exact) mass is 327 g/mol. The van der Waals surface area contributed by atoms with Crippen molar-refractivity contribution < 1.29 is 0 Å². The number of aromatic nitrogens is 4. The summed E-state index contributed by atoms with van der Waals surface area (Å²) in [6, 6.07) is 1.67. The van der Waals surface area contributed by atoms with E-state index in [1.807, 2.05) is 24.7 Å². The molecule has 5 nitrogen and oxygen atoms in total. The molecule has 0 aliphatic heterocycles. The molecular formula is C12H11Cl2N5S. The van der Waals surface area contributed by atoms with Gasteiger partial charge in [0.05, 0.1) is 33.5 Å². The summed E-state index contributed by atoms with van der Waals surface area (Å²) in [5.74, 6) is 0.910. The molecule has 0 aliphatic carbocycles. The smallest absolute Gasteiger partial charge is 0.130 e. The minimum Gasteiger partial charge on any atom is -0.372 e. The minimum atomic E-state index is -0.0152. The molecule has 3 rings (SSSR count). The zero-order valence-electron chi connectivity index (χ0n) is 10.8. The average Bonchev–Trinajstić information content (AvgIpc) is 3.02. The Bertz CT molecular complexity index is 766. The van der Waals surface area contributed by atoms with Gasteiger partial charge in [-0.15, -0.1) is 0 Å². The molecule has 1 atom stereocenters. The Hall–Kier alpha value is -1.37. The van der Waals surface area contributed by atoms with Gasteiger partial charge in [0.1, 0.15) is 16.9 Å². The van der Waals surface area contributed by atoms with Gasteiger partial charge in [-0.25, -0.2) is 4.98 Å². The van der Waals surface area contributed by atoms with E-state index < -0.39 is 0 Å². The zero-order chi connectivity index (χ0) is 14.3. The Balaban J connectivity index is 2.03. The quantitative estimate of drug-likeness (QED) is 0.792. The lowest BCUT2D eigenvalue weighted by atomic mass is 10.2. The maximum Gasteiger partial charge on any atom is 0.130 e. The van der Waals surface area contributed by atoms with Crippen LogP contribution in [0.1, 0.15) is 18.8 Å². The second-order valence-electron chi connectivity index (χ2n) is 4.44. The molecule has 1 aromatic carbocycles. The highest BCUT2D eigenvalue weighted by atomic mass is 35.5. The van der Waals surface area contributed by atoms with Crippen molar-refractivity contribution in [1.29, 1.82) is 0 Å². The summed E-state index contributed by atoms with van der Waals surface area (Å²) in [6.07, 6.45) is 3.66. The molecule has 0 bridgehead atoms. The lowest BCUT2D eigenvalue weighted by Crippen LogP contribution is -2.12. The molecule has 0 fully saturated rings. The van der Waals surface area contributed by atoms with Crippen LogP contribution in [0.3, 0.4) is 0 Å². The topological polar surface area (TPSA) is 55.6 Å². The van der Waals surface area contributed by atoms with Crippen LogP contribution in [-0.2, 0) is 7.05 Å². The first-order valence-electron chi connectivity index (χ1n) is 5.92. The number of imidazole rings is 1. The van der Waals surface area contributed by atoms with E-state index in [1.54, 1.807) is 12.3 Å². The fourth-order valence-corrected chi connectivity index (χ4v) is 3.25. The Labute approximate surface area is 129 Å². The summed E-state index contributed by atoms with van der Waals surface area (Å²) < 4.78 is 10.4. The van der Waals surface area contributed by atoms with Crippen LogP contribution in [0.2, 0.25) is 10.0 Å². The van der Waals surface area contributed by atoms with Gasteiger partial charge in [0.2, 0.25) is 0 Å². The molecule has 0 spiro atoms. The molecular weight excluding hydrogens is 317 g/mol. The van der Waals surface area contributed by atoms with E-state index in [4.69, 9.17) is 23.2 Å². The van der Waals surface area contributed by atoms with Crippen molar-refractivity contribution in [3.8, 4) is 0 Å². The number of aryl methyl sites for hydroxylation is 1. The maximum absolute atomic E-state index is 6.27. The predicted octanol–water partition coefficient (Wildman–Crippen LogP) is 3.90. The predicted molar refractivity (Wildman–Crippen MR) is 82.7 cm³/mol. The Morgan fingerprint density at radius 1 is 1.25 bits per heavy atom. The van der Waals surface area contributed by atoms with Crippen LogP contribution in [0.4, 0.5) is 5.69 Å². The van der Waals surface area contributed by atoms with Crippen LogP contribution in [0.15, 0.2) is 18.5 Å². The van der Waals surface area contributed by atoms with Gasteiger partial charge in [-0.2, -0.15) is 8.75 Å². The van der Waals surface area contributed by atoms with Crippen LogP contribution in [-0.4, -0.2) is 18.3 Å². The molecule has 0 aliphatic rings. The molecule has 2 heterocycles. The van der Waals surface area contributed by atoms with E-state index in [2.05, 4.69) is 19.0 Å². The first-order valence-corrected chi connectivity index (χ1v) is 7.40. The molecule has 2 aromatic heterocycles. The SMILES string of the molecule is CC(Nc1c(Cl)cc(Cl)c2nsnc12)c1nccn1C. The van der Waals surface area contributed by atoms with Gasteiger partial charge < -0.3 is 9.88 Å². The highest BCUT2D eigenvalue weighted by Gasteiger charge is 2.17. The minimum absolute atomic E-state index is 0.0152. The van der Waals surface area contributed by atoms with Crippen LogP contribution in [0.5, 0.6) is 0 Å². The zero-order valence-corrected chi connectivity index (χ0v) is 13.1. The molecule has 0 amide bonds.